The maximum Gasteiger partial charge on any atom is 0.164 e. The highest BCUT2D eigenvalue weighted by molar-refractivity contribution is 6.30. The zero-order chi connectivity index (χ0) is 34.2. The minimum Gasteiger partial charge on any atom is -0.315 e. The Hall–Kier alpha value is -7.11. The van der Waals surface area contributed by atoms with Crippen molar-refractivity contribution in [2.24, 2.45) is 0 Å². The highest BCUT2D eigenvalue weighted by Crippen LogP contribution is 2.44. The summed E-state index contributed by atoms with van der Waals surface area (Å²) in [6, 6.07) is 59.9. The molecule has 0 spiro atoms. The van der Waals surface area contributed by atoms with Gasteiger partial charge in [-0.15, -0.1) is 0 Å². The second-order valence-electron chi connectivity index (χ2n) is 13.3. The van der Waals surface area contributed by atoms with Crippen LogP contribution in [-0.4, -0.2) is 23.9 Å². The van der Waals surface area contributed by atoms with Crippen LogP contribution in [0.15, 0.2) is 176 Å². The largest absolute Gasteiger partial charge is 0.315 e. The van der Waals surface area contributed by atoms with Gasteiger partial charge in [0.1, 0.15) is 0 Å². The summed E-state index contributed by atoms with van der Waals surface area (Å²) in [5.74, 6) is 1.92. The third kappa shape index (κ3) is 4.33. The molecule has 0 fully saturated rings. The van der Waals surface area contributed by atoms with Crippen molar-refractivity contribution < 1.29 is 0 Å². The SMILES string of the molecule is c1ccc(-c2cc3c4ccccc4n4ccc5ccc6c(c3c(c2)n6-c2cccc(-c3nc(-c6ccccc6)nc(-c6ccccc6)n3)c2)c54)cc1. The monoisotopic (exact) mass is 663 g/mol. The molecular formula is C47H29N5. The molecule has 52 heavy (non-hydrogen) atoms. The van der Waals surface area contributed by atoms with Crippen LogP contribution < -0.4 is 0 Å². The number of hydrogen-bond donors (Lipinski definition) is 0. The van der Waals surface area contributed by atoms with Gasteiger partial charge in [-0.2, -0.15) is 0 Å². The van der Waals surface area contributed by atoms with Crippen LogP contribution in [0.2, 0.25) is 0 Å². The van der Waals surface area contributed by atoms with Crippen molar-refractivity contribution in [1.82, 2.24) is 23.9 Å². The van der Waals surface area contributed by atoms with Gasteiger partial charge in [0.15, 0.2) is 17.5 Å². The van der Waals surface area contributed by atoms with Crippen LogP contribution in [0.1, 0.15) is 0 Å². The predicted octanol–water partition coefficient (Wildman–Crippen LogP) is 11.6. The molecule has 242 valence electrons. The number of nitrogens with zero attached hydrogens (tertiary/aromatic N) is 5. The lowest BCUT2D eigenvalue weighted by Gasteiger charge is -2.13. The van der Waals surface area contributed by atoms with Gasteiger partial charge in [0.05, 0.1) is 22.1 Å². The predicted molar refractivity (Wildman–Crippen MR) is 213 cm³/mol. The van der Waals surface area contributed by atoms with Crippen molar-refractivity contribution in [3.63, 3.8) is 0 Å². The van der Waals surface area contributed by atoms with Crippen LogP contribution in [0.5, 0.6) is 0 Å². The average Bonchev–Trinajstić information content (AvgIpc) is 3.77. The Balaban J connectivity index is 1.22. The Morgan fingerprint density at radius 3 is 1.69 bits per heavy atom. The Kier molecular flexibility index (Phi) is 6.18. The number of hydrogen-bond acceptors (Lipinski definition) is 3. The van der Waals surface area contributed by atoms with E-state index in [0.29, 0.717) is 17.5 Å². The Bertz CT molecular complexity index is 3050. The lowest BCUT2D eigenvalue weighted by atomic mass is 9.98. The van der Waals surface area contributed by atoms with Gasteiger partial charge in [0.25, 0.3) is 0 Å². The molecule has 0 unspecified atom stereocenters. The van der Waals surface area contributed by atoms with Crippen molar-refractivity contribution >= 4 is 49.0 Å². The summed E-state index contributed by atoms with van der Waals surface area (Å²) >= 11 is 0. The van der Waals surface area contributed by atoms with Crippen molar-refractivity contribution in [1.29, 1.82) is 0 Å². The molecule has 4 heterocycles. The average molecular weight is 664 g/mol. The molecule has 0 amide bonds. The number of benzene rings is 7. The highest BCUT2D eigenvalue weighted by Gasteiger charge is 2.22. The van der Waals surface area contributed by atoms with E-state index in [2.05, 4.69) is 124 Å². The molecule has 0 aliphatic rings. The van der Waals surface area contributed by atoms with Crippen LogP contribution >= 0.6 is 0 Å². The zero-order valence-corrected chi connectivity index (χ0v) is 28.0. The van der Waals surface area contributed by atoms with Crippen LogP contribution in [-0.2, 0) is 0 Å². The molecule has 0 radical (unpaired) electrons. The molecule has 0 saturated heterocycles. The number of fused-ring (bicyclic) bond motifs is 3. The second-order valence-corrected chi connectivity index (χ2v) is 13.3. The lowest BCUT2D eigenvalue weighted by molar-refractivity contribution is 1.07. The number of para-hydroxylation sites is 1. The fourth-order valence-corrected chi connectivity index (χ4v) is 7.97. The van der Waals surface area contributed by atoms with Crippen LogP contribution in [0.25, 0.3) is 100.0 Å². The Labute approximate surface area is 299 Å². The minimum atomic E-state index is 0.632. The summed E-state index contributed by atoms with van der Waals surface area (Å²) < 4.78 is 4.79. The summed E-state index contributed by atoms with van der Waals surface area (Å²) in [6.45, 7) is 0. The summed E-state index contributed by atoms with van der Waals surface area (Å²) in [4.78, 5) is 15.0. The highest BCUT2D eigenvalue weighted by atomic mass is 15.0. The molecule has 4 aromatic heterocycles. The minimum absolute atomic E-state index is 0.632. The number of aromatic nitrogens is 5. The fraction of sp³-hybridized carbons (Fsp3) is 0. The van der Waals surface area contributed by atoms with E-state index in [1.54, 1.807) is 0 Å². The molecule has 0 saturated carbocycles. The van der Waals surface area contributed by atoms with E-state index in [1.165, 1.54) is 49.1 Å². The summed E-state index contributed by atoms with van der Waals surface area (Å²) in [5, 5.41) is 6.20. The first-order chi connectivity index (χ1) is 25.8. The second kappa shape index (κ2) is 11.2. The number of rotatable bonds is 5. The van der Waals surface area contributed by atoms with E-state index in [4.69, 9.17) is 15.0 Å². The van der Waals surface area contributed by atoms with E-state index in [0.717, 1.165) is 33.4 Å². The third-order valence-electron chi connectivity index (χ3n) is 10.3. The van der Waals surface area contributed by atoms with Gasteiger partial charge in [-0.1, -0.05) is 127 Å². The van der Waals surface area contributed by atoms with Gasteiger partial charge in [-0.05, 0) is 59.0 Å². The van der Waals surface area contributed by atoms with Gasteiger partial charge in [-0.3, -0.25) is 0 Å². The maximum atomic E-state index is 5.06. The van der Waals surface area contributed by atoms with Gasteiger partial charge in [0, 0.05) is 50.1 Å². The Morgan fingerprint density at radius 1 is 0.365 bits per heavy atom. The van der Waals surface area contributed by atoms with Crippen LogP contribution in [0.3, 0.4) is 0 Å². The van der Waals surface area contributed by atoms with E-state index in [1.807, 2.05) is 60.7 Å². The van der Waals surface area contributed by atoms with Gasteiger partial charge < -0.3 is 8.97 Å². The van der Waals surface area contributed by atoms with E-state index < -0.39 is 0 Å². The molecule has 0 atom stereocenters. The quantitative estimate of drug-likeness (QED) is 0.184. The molecule has 5 nitrogen and oxygen atoms in total. The molecule has 0 N–H and O–H groups in total. The first-order valence-corrected chi connectivity index (χ1v) is 17.5. The van der Waals surface area contributed by atoms with Gasteiger partial charge in [0.2, 0.25) is 0 Å². The smallest absolute Gasteiger partial charge is 0.164 e. The molecular weight excluding hydrogens is 635 g/mol. The molecule has 5 heteroatoms. The van der Waals surface area contributed by atoms with E-state index >= 15 is 0 Å². The normalized spacial score (nSPS) is 11.8. The van der Waals surface area contributed by atoms with E-state index in [9.17, 15) is 0 Å². The van der Waals surface area contributed by atoms with Crippen LogP contribution in [0, 0.1) is 0 Å². The molecule has 0 aliphatic heterocycles. The summed E-state index contributed by atoms with van der Waals surface area (Å²) in [7, 11) is 0. The third-order valence-corrected chi connectivity index (χ3v) is 10.3. The first-order valence-electron chi connectivity index (χ1n) is 17.5. The topological polar surface area (TPSA) is 48.0 Å². The zero-order valence-electron chi connectivity index (χ0n) is 28.0. The van der Waals surface area contributed by atoms with E-state index in [-0.39, 0.29) is 0 Å². The summed E-state index contributed by atoms with van der Waals surface area (Å²) in [6.07, 6.45) is 2.21. The maximum absolute atomic E-state index is 5.06. The molecule has 0 bridgehead atoms. The molecule has 0 aliphatic carbocycles. The van der Waals surface area contributed by atoms with Crippen molar-refractivity contribution in [2.75, 3.05) is 0 Å². The van der Waals surface area contributed by atoms with Gasteiger partial charge >= 0.3 is 0 Å². The fourth-order valence-electron chi connectivity index (χ4n) is 7.97. The molecule has 7 aromatic carbocycles. The van der Waals surface area contributed by atoms with Gasteiger partial charge in [-0.25, -0.2) is 15.0 Å². The molecule has 11 aromatic rings. The van der Waals surface area contributed by atoms with Crippen molar-refractivity contribution in [2.45, 2.75) is 0 Å². The van der Waals surface area contributed by atoms with Crippen molar-refractivity contribution in [3.8, 4) is 51.0 Å². The van der Waals surface area contributed by atoms with Crippen molar-refractivity contribution in [3.05, 3.63) is 176 Å². The summed E-state index contributed by atoms with van der Waals surface area (Å²) in [5.41, 5.74) is 11.0. The molecule has 11 rings (SSSR count). The Morgan fingerprint density at radius 2 is 0.981 bits per heavy atom. The first kappa shape index (κ1) is 28.7. The standard InChI is InChI=1S/C47H29N5/c1-4-13-30(14-5-1)35-28-38-37-21-10-11-22-39(37)51-26-25-31-23-24-40-43(44(31)51)42(38)41(29-35)52(40)36-20-12-19-34(27-36)47-49-45(32-15-6-2-7-16-32)48-46(50-47)33-17-8-3-9-18-33/h1-29H. The van der Waals surface area contributed by atoms with Crippen LogP contribution in [0.4, 0.5) is 0 Å². The lowest BCUT2D eigenvalue weighted by Crippen LogP contribution is -2.01.